The maximum Gasteiger partial charge on any atom is 0.276 e. The van der Waals surface area contributed by atoms with E-state index in [1.165, 1.54) is 17.0 Å². The van der Waals surface area contributed by atoms with Crippen LogP contribution in [0.5, 0.6) is 5.75 Å². The van der Waals surface area contributed by atoms with Crippen molar-refractivity contribution in [2.45, 2.75) is 13.5 Å². The van der Waals surface area contributed by atoms with Gasteiger partial charge in [0.1, 0.15) is 23.9 Å². The zero-order chi connectivity index (χ0) is 17.8. The van der Waals surface area contributed by atoms with Crippen LogP contribution >= 0.6 is 12.2 Å². The topological polar surface area (TPSA) is 41.6 Å². The highest BCUT2D eigenvalue weighted by molar-refractivity contribution is 7.80. The Labute approximate surface area is 150 Å². The quantitative estimate of drug-likeness (QED) is 0.658. The van der Waals surface area contributed by atoms with E-state index < -0.39 is 0 Å². The summed E-state index contributed by atoms with van der Waals surface area (Å²) in [4.78, 5) is 13.7. The molecule has 0 bridgehead atoms. The first kappa shape index (κ1) is 17.1. The Morgan fingerprint density at radius 1 is 1.24 bits per heavy atom. The van der Waals surface area contributed by atoms with Gasteiger partial charge in [-0.1, -0.05) is 24.3 Å². The predicted molar refractivity (Wildman–Crippen MR) is 98.3 cm³/mol. The molecular formula is C19H17FN2O2S. The van der Waals surface area contributed by atoms with Gasteiger partial charge in [0.25, 0.3) is 5.91 Å². The molecule has 1 saturated heterocycles. The highest BCUT2D eigenvalue weighted by Crippen LogP contribution is 2.18. The average Bonchev–Trinajstić information content (AvgIpc) is 2.87. The number of hydrogen-bond donors (Lipinski definition) is 1. The number of ether oxygens (including phenoxy) is 1. The number of carbonyl (C=O) groups excluding carboxylic acids is 1. The molecule has 3 rings (SSSR count). The molecular weight excluding hydrogens is 339 g/mol. The summed E-state index contributed by atoms with van der Waals surface area (Å²) in [6.07, 6.45) is 1.75. The van der Waals surface area contributed by atoms with E-state index in [2.05, 4.69) is 5.32 Å². The van der Waals surface area contributed by atoms with Gasteiger partial charge in [-0.3, -0.25) is 9.69 Å². The lowest BCUT2D eigenvalue weighted by atomic mass is 10.2. The van der Waals surface area contributed by atoms with Crippen LogP contribution in [0.3, 0.4) is 0 Å². The third-order valence-electron chi connectivity index (χ3n) is 3.76. The van der Waals surface area contributed by atoms with Crippen LogP contribution in [0.1, 0.15) is 18.1 Å². The van der Waals surface area contributed by atoms with E-state index in [0.29, 0.717) is 23.1 Å². The lowest BCUT2D eigenvalue weighted by Gasteiger charge is -2.09. The van der Waals surface area contributed by atoms with Crippen LogP contribution in [-0.2, 0) is 11.4 Å². The molecule has 1 fully saturated rings. The van der Waals surface area contributed by atoms with Crippen LogP contribution in [0.2, 0.25) is 0 Å². The van der Waals surface area contributed by atoms with Crippen LogP contribution < -0.4 is 10.1 Å². The highest BCUT2D eigenvalue weighted by Gasteiger charge is 2.28. The first-order chi connectivity index (χ1) is 12.1. The molecule has 0 aromatic heterocycles. The maximum absolute atomic E-state index is 13.1. The predicted octanol–water partition coefficient (Wildman–Crippen LogP) is 3.48. The molecule has 6 heteroatoms. The van der Waals surface area contributed by atoms with Crippen molar-refractivity contribution in [3.63, 3.8) is 0 Å². The van der Waals surface area contributed by atoms with Gasteiger partial charge >= 0.3 is 0 Å². The molecule has 1 aliphatic heterocycles. The zero-order valence-corrected chi connectivity index (χ0v) is 14.5. The fourth-order valence-corrected chi connectivity index (χ4v) is 2.80. The fraction of sp³-hybridized carbons (Fsp3) is 0.158. The Hall–Kier alpha value is -2.73. The monoisotopic (exact) mass is 356 g/mol. The Morgan fingerprint density at radius 3 is 2.64 bits per heavy atom. The number of carbonyl (C=O) groups is 1. The Bertz CT molecular complexity index is 834. The molecule has 1 heterocycles. The molecule has 0 unspecified atom stereocenters. The molecule has 1 N–H and O–H groups in total. The number of amides is 1. The molecule has 0 saturated carbocycles. The van der Waals surface area contributed by atoms with Crippen molar-refractivity contribution in [3.8, 4) is 5.75 Å². The van der Waals surface area contributed by atoms with Crippen molar-refractivity contribution in [3.05, 3.63) is 71.2 Å². The zero-order valence-electron chi connectivity index (χ0n) is 13.7. The minimum Gasteiger partial charge on any atom is -0.489 e. The molecule has 2 aromatic rings. The fourth-order valence-electron chi connectivity index (χ4n) is 2.48. The van der Waals surface area contributed by atoms with Gasteiger partial charge in [0, 0.05) is 6.54 Å². The lowest BCUT2D eigenvalue weighted by Crippen LogP contribution is -2.30. The van der Waals surface area contributed by atoms with Gasteiger partial charge in [0.05, 0.1) is 0 Å². The minimum atomic E-state index is -0.282. The van der Waals surface area contributed by atoms with Crippen LogP contribution in [0, 0.1) is 5.82 Å². The van der Waals surface area contributed by atoms with Crippen LogP contribution in [0.25, 0.3) is 6.08 Å². The first-order valence-electron chi connectivity index (χ1n) is 7.88. The Morgan fingerprint density at radius 2 is 2.00 bits per heavy atom. The Balaban J connectivity index is 1.65. The van der Waals surface area contributed by atoms with Gasteiger partial charge in [0.2, 0.25) is 0 Å². The molecule has 1 aliphatic rings. The summed E-state index contributed by atoms with van der Waals surface area (Å²) in [5.74, 6) is 0.262. The van der Waals surface area contributed by atoms with E-state index in [1.807, 2.05) is 25.1 Å². The summed E-state index contributed by atoms with van der Waals surface area (Å²) in [7, 11) is 0. The number of halogens is 1. The molecule has 0 radical (unpaired) electrons. The number of hydrogen-bond acceptors (Lipinski definition) is 3. The number of likely N-dealkylation sites (N-methyl/N-ethyl adjacent to an activating group) is 1. The standard InChI is InChI=1S/C19H17FN2O2S/c1-2-22-18(23)17(21-19(22)25)11-13-6-8-16(9-7-13)24-12-14-4-3-5-15(20)10-14/h3-11H,2,12H2,1H3,(H,21,25)/b17-11-. The highest BCUT2D eigenvalue weighted by atomic mass is 32.1. The molecule has 4 nitrogen and oxygen atoms in total. The summed E-state index contributed by atoms with van der Waals surface area (Å²) in [6, 6.07) is 13.6. The van der Waals surface area contributed by atoms with E-state index in [9.17, 15) is 9.18 Å². The van der Waals surface area contributed by atoms with Gasteiger partial charge in [-0.25, -0.2) is 4.39 Å². The molecule has 128 valence electrons. The van der Waals surface area contributed by atoms with Gasteiger partial charge in [-0.15, -0.1) is 0 Å². The number of nitrogens with zero attached hydrogens (tertiary/aromatic N) is 1. The minimum absolute atomic E-state index is 0.126. The van der Waals surface area contributed by atoms with E-state index in [1.54, 1.807) is 24.3 Å². The number of nitrogens with one attached hydrogen (secondary N) is 1. The average molecular weight is 356 g/mol. The first-order valence-corrected chi connectivity index (χ1v) is 8.29. The van der Waals surface area contributed by atoms with Gasteiger partial charge < -0.3 is 10.1 Å². The number of rotatable bonds is 5. The Kier molecular flexibility index (Phi) is 5.09. The van der Waals surface area contributed by atoms with Gasteiger partial charge in [-0.05, 0) is 60.6 Å². The smallest absolute Gasteiger partial charge is 0.276 e. The number of benzene rings is 2. The van der Waals surface area contributed by atoms with E-state index in [-0.39, 0.29) is 18.3 Å². The van der Waals surface area contributed by atoms with Gasteiger partial charge in [0.15, 0.2) is 5.11 Å². The summed E-state index contributed by atoms with van der Waals surface area (Å²) in [5, 5.41) is 3.35. The molecule has 1 amide bonds. The maximum atomic E-state index is 13.1. The second kappa shape index (κ2) is 7.44. The van der Waals surface area contributed by atoms with Crippen molar-refractivity contribution >= 4 is 29.3 Å². The van der Waals surface area contributed by atoms with Crippen molar-refractivity contribution in [1.82, 2.24) is 10.2 Å². The van der Waals surface area contributed by atoms with Crippen LogP contribution in [-0.4, -0.2) is 22.5 Å². The van der Waals surface area contributed by atoms with Gasteiger partial charge in [-0.2, -0.15) is 0 Å². The lowest BCUT2D eigenvalue weighted by molar-refractivity contribution is -0.122. The summed E-state index contributed by atoms with van der Waals surface area (Å²) in [5.41, 5.74) is 2.08. The van der Waals surface area contributed by atoms with Crippen molar-refractivity contribution in [2.75, 3.05) is 6.54 Å². The van der Waals surface area contributed by atoms with Crippen LogP contribution in [0.15, 0.2) is 54.2 Å². The molecule has 0 aliphatic carbocycles. The third-order valence-corrected chi connectivity index (χ3v) is 4.09. The van der Waals surface area contributed by atoms with E-state index in [0.717, 1.165) is 11.1 Å². The second-order valence-corrected chi connectivity index (χ2v) is 5.91. The van der Waals surface area contributed by atoms with Crippen LogP contribution in [0.4, 0.5) is 4.39 Å². The summed E-state index contributed by atoms with van der Waals surface area (Å²) in [6.45, 7) is 2.70. The molecule has 0 atom stereocenters. The molecule has 2 aromatic carbocycles. The van der Waals surface area contributed by atoms with Crippen molar-refractivity contribution in [2.24, 2.45) is 0 Å². The molecule has 25 heavy (non-hydrogen) atoms. The summed E-state index contributed by atoms with van der Waals surface area (Å²) < 4.78 is 18.8. The SMILES string of the molecule is CCN1C(=O)/C(=C/c2ccc(OCc3cccc(F)c3)cc2)NC1=S. The van der Waals surface area contributed by atoms with E-state index in [4.69, 9.17) is 17.0 Å². The summed E-state index contributed by atoms with van der Waals surface area (Å²) >= 11 is 5.13. The largest absolute Gasteiger partial charge is 0.489 e. The second-order valence-electron chi connectivity index (χ2n) is 5.53. The van der Waals surface area contributed by atoms with Crippen molar-refractivity contribution < 1.29 is 13.9 Å². The third kappa shape index (κ3) is 4.03. The molecule has 0 spiro atoms. The van der Waals surface area contributed by atoms with E-state index >= 15 is 0 Å². The van der Waals surface area contributed by atoms with Crippen molar-refractivity contribution in [1.29, 1.82) is 0 Å². The normalized spacial score (nSPS) is 15.6. The number of thiocarbonyl (C=S) groups is 1.